The molecule has 0 saturated carbocycles. The standard InChI is InChI=1S/C17H25N3O3/c1-2-23-17(21)18-15-13-14(19-9-11-22-12-10-19)5-6-16(15)20-7-3-4-8-20/h5-6,13H,2-4,7-12H2,1H3,(H,18,21). The molecular weight excluding hydrogens is 294 g/mol. The van der Waals surface area contributed by atoms with Crippen LogP contribution in [-0.2, 0) is 9.47 Å². The van der Waals surface area contributed by atoms with Crippen LogP contribution in [0.15, 0.2) is 18.2 Å². The predicted octanol–water partition coefficient (Wildman–Crippen LogP) is 2.69. The van der Waals surface area contributed by atoms with Crippen LogP contribution in [0.25, 0.3) is 0 Å². The number of morpholine rings is 1. The molecule has 2 saturated heterocycles. The molecule has 23 heavy (non-hydrogen) atoms. The van der Waals surface area contributed by atoms with Gasteiger partial charge in [0, 0.05) is 31.9 Å². The average Bonchev–Trinajstić information content (AvgIpc) is 3.10. The van der Waals surface area contributed by atoms with Crippen molar-refractivity contribution in [1.29, 1.82) is 0 Å². The molecule has 3 rings (SSSR count). The third-order valence-electron chi connectivity index (χ3n) is 4.32. The van der Waals surface area contributed by atoms with Crippen LogP contribution >= 0.6 is 0 Å². The van der Waals surface area contributed by atoms with Gasteiger partial charge in [0.15, 0.2) is 0 Å². The maximum absolute atomic E-state index is 11.9. The Hall–Kier alpha value is -1.95. The maximum atomic E-state index is 11.9. The van der Waals surface area contributed by atoms with Crippen LogP contribution in [0.4, 0.5) is 21.9 Å². The van der Waals surface area contributed by atoms with Crippen molar-refractivity contribution in [3.63, 3.8) is 0 Å². The van der Waals surface area contributed by atoms with Crippen LogP contribution in [0.3, 0.4) is 0 Å². The SMILES string of the molecule is CCOC(=O)Nc1cc(N2CCOCC2)ccc1N1CCCC1. The summed E-state index contributed by atoms with van der Waals surface area (Å²) >= 11 is 0. The van der Waals surface area contributed by atoms with Crippen LogP contribution in [0, 0.1) is 0 Å². The maximum Gasteiger partial charge on any atom is 0.411 e. The van der Waals surface area contributed by atoms with E-state index in [9.17, 15) is 4.79 Å². The van der Waals surface area contributed by atoms with E-state index in [0.29, 0.717) is 6.61 Å². The molecule has 0 aliphatic carbocycles. The second-order valence-electron chi connectivity index (χ2n) is 5.84. The van der Waals surface area contributed by atoms with Crippen molar-refractivity contribution >= 4 is 23.2 Å². The minimum Gasteiger partial charge on any atom is -0.450 e. The minimum atomic E-state index is -0.396. The molecule has 2 aliphatic heterocycles. The highest BCUT2D eigenvalue weighted by Crippen LogP contribution is 2.33. The molecule has 0 spiro atoms. The molecule has 0 atom stereocenters. The van der Waals surface area contributed by atoms with E-state index in [2.05, 4.69) is 33.3 Å². The van der Waals surface area contributed by atoms with Gasteiger partial charge in [-0.1, -0.05) is 0 Å². The average molecular weight is 319 g/mol. The molecule has 1 amide bonds. The summed E-state index contributed by atoms with van der Waals surface area (Å²) in [5.74, 6) is 0. The number of rotatable bonds is 4. The first-order chi connectivity index (χ1) is 11.3. The van der Waals surface area contributed by atoms with Gasteiger partial charge in [-0.3, -0.25) is 5.32 Å². The first-order valence-corrected chi connectivity index (χ1v) is 8.43. The molecule has 0 bridgehead atoms. The van der Waals surface area contributed by atoms with Gasteiger partial charge in [0.05, 0.1) is 31.2 Å². The van der Waals surface area contributed by atoms with Gasteiger partial charge < -0.3 is 19.3 Å². The fourth-order valence-corrected chi connectivity index (χ4v) is 3.15. The second-order valence-corrected chi connectivity index (χ2v) is 5.84. The quantitative estimate of drug-likeness (QED) is 0.925. The number of carbonyl (C=O) groups is 1. The van der Waals surface area contributed by atoms with Crippen molar-refractivity contribution < 1.29 is 14.3 Å². The van der Waals surface area contributed by atoms with Crippen molar-refractivity contribution in [2.24, 2.45) is 0 Å². The first-order valence-electron chi connectivity index (χ1n) is 8.43. The zero-order valence-corrected chi connectivity index (χ0v) is 13.7. The first kappa shape index (κ1) is 15.9. The fraction of sp³-hybridized carbons (Fsp3) is 0.588. The third-order valence-corrected chi connectivity index (χ3v) is 4.32. The van der Waals surface area contributed by atoms with E-state index in [4.69, 9.17) is 9.47 Å². The summed E-state index contributed by atoms with van der Waals surface area (Å²) in [6.07, 6.45) is 2.00. The summed E-state index contributed by atoms with van der Waals surface area (Å²) in [6, 6.07) is 6.29. The van der Waals surface area contributed by atoms with Crippen molar-refractivity contribution in [2.45, 2.75) is 19.8 Å². The number of hydrogen-bond donors (Lipinski definition) is 1. The van der Waals surface area contributed by atoms with Crippen molar-refractivity contribution in [2.75, 3.05) is 61.1 Å². The molecule has 1 aromatic carbocycles. The molecule has 0 unspecified atom stereocenters. The van der Waals surface area contributed by atoms with Crippen LogP contribution in [0.1, 0.15) is 19.8 Å². The summed E-state index contributed by atoms with van der Waals surface area (Å²) in [4.78, 5) is 16.5. The number of benzene rings is 1. The normalized spacial score (nSPS) is 18.1. The largest absolute Gasteiger partial charge is 0.450 e. The predicted molar refractivity (Wildman–Crippen MR) is 91.6 cm³/mol. The zero-order chi connectivity index (χ0) is 16.1. The molecule has 1 aromatic rings. The van der Waals surface area contributed by atoms with Crippen LogP contribution < -0.4 is 15.1 Å². The van der Waals surface area contributed by atoms with Gasteiger partial charge in [0.1, 0.15) is 0 Å². The Morgan fingerprint density at radius 1 is 1.17 bits per heavy atom. The van der Waals surface area contributed by atoms with Gasteiger partial charge in [-0.2, -0.15) is 0 Å². The number of ether oxygens (including phenoxy) is 2. The zero-order valence-electron chi connectivity index (χ0n) is 13.7. The minimum absolute atomic E-state index is 0.369. The van der Waals surface area contributed by atoms with E-state index in [-0.39, 0.29) is 0 Å². The van der Waals surface area contributed by atoms with E-state index >= 15 is 0 Å². The van der Waals surface area contributed by atoms with Crippen LogP contribution in [0.2, 0.25) is 0 Å². The van der Waals surface area contributed by atoms with Gasteiger partial charge in [0.25, 0.3) is 0 Å². The molecule has 1 N–H and O–H groups in total. The van der Waals surface area contributed by atoms with Crippen LogP contribution in [-0.4, -0.2) is 52.1 Å². The number of amides is 1. The van der Waals surface area contributed by atoms with Gasteiger partial charge in [-0.25, -0.2) is 4.79 Å². The third kappa shape index (κ3) is 3.88. The number of nitrogens with zero attached hydrogens (tertiary/aromatic N) is 2. The van der Waals surface area contributed by atoms with E-state index in [1.165, 1.54) is 12.8 Å². The summed E-state index contributed by atoms with van der Waals surface area (Å²) in [6.45, 7) is 7.49. The number of hydrogen-bond acceptors (Lipinski definition) is 5. The molecule has 126 valence electrons. The highest BCUT2D eigenvalue weighted by Gasteiger charge is 2.19. The topological polar surface area (TPSA) is 54.0 Å². The van der Waals surface area contributed by atoms with Gasteiger partial charge in [-0.05, 0) is 38.0 Å². The van der Waals surface area contributed by atoms with E-state index in [1.807, 2.05) is 6.92 Å². The van der Waals surface area contributed by atoms with E-state index in [1.54, 1.807) is 0 Å². The van der Waals surface area contributed by atoms with E-state index in [0.717, 1.165) is 56.5 Å². The lowest BCUT2D eigenvalue weighted by atomic mass is 10.2. The lowest BCUT2D eigenvalue weighted by Crippen LogP contribution is -2.36. The van der Waals surface area contributed by atoms with Crippen molar-refractivity contribution in [3.05, 3.63) is 18.2 Å². The van der Waals surface area contributed by atoms with Crippen LogP contribution in [0.5, 0.6) is 0 Å². The molecule has 2 aliphatic rings. The van der Waals surface area contributed by atoms with Crippen molar-refractivity contribution in [3.8, 4) is 0 Å². The summed E-state index contributed by atoms with van der Waals surface area (Å²) in [5.41, 5.74) is 3.02. The second kappa shape index (κ2) is 7.55. The van der Waals surface area contributed by atoms with Crippen molar-refractivity contribution in [1.82, 2.24) is 0 Å². The Labute approximate surface area is 137 Å². The summed E-state index contributed by atoms with van der Waals surface area (Å²) in [5, 5.41) is 2.91. The van der Waals surface area contributed by atoms with Gasteiger partial charge in [-0.15, -0.1) is 0 Å². The molecule has 0 radical (unpaired) electrons. The highest BCUT2D eigenvalue weighted by molar-refractivity contribution is 5.91. The fourth-order valence-electron chi connectivity index (χ4n) is 3.15. The van der Waals surface area contributed by atoms with E-state index < -0.39 is 6.09 Å². The Morgan fingerprint density at radius 2 is 1.91 bits per heavy atom. The Morgan fingerprint density at radius 3 is 2.61 bits per heavy atom. The number of carbonyl (C=O) groups excluding carboxylic acids is 1. The Kier molecular flexibility index (Phi) is 5.23. The molecule has 6 nitrogen and oxygen atoms in total. The summed E-state index contributed by atoms with van der Waals surface area (Å²) in [7, 11) is 0. The monoisotopic (exact) mass is 319 g/mol. The molecule has 0 aromatic heterocycles. The Bertz CT molecular complexity index is 538. The smallest absolute Gasteiger partial charge is 0.411 e. The Balaban J connectivity index is 1.84. The summed E-state index contributed by atoms with van der Waals surface area (Å²) < 4.78 is 10.5. The lowest BCUT2D eigenvalue weighted by molar-refractivity contribution is 0.122. The molecule has 2 fully saturated rings. The molecule has 2 heterocycles. The molecule has 6 heteroatoms. The molecular formula is C17H25N3O3. The number of anilines is 3. The van der Waals surface area contributed by atoms with Gasteiger partial charge in [0.2, 0.25) is 0 Å². The van der Waals surface area contributed by atoms with Gasteiger partial charge >= 0.3 is 6.09 Å². The highest BCUT2D eigenvalue weighted by atomic mass is 16.5. The lowest BCUT2D eigenvalue weighted by Gasteiger charge is -2.30. The number of nitrogens with one attached hydrogen (secondary N) is 1.